The van der Waals surface area contributed by atoms with Crippen molar-refractivity contribution >= 4 is 5.78 Å². The molecule has 0 N–H and O–H groups in total. The van der Waals surface area contributed by atoms with E-state index in [1.165, 1.54) is 17.5 Å². The molecule has 2 aliphatic carbocycles. The Bertz CT molecular complexity index is 394. The second kappa shape index (κ2) is 3.48. The molecule has 0 bridgehead atoms. The summed E-state index contributed by atoms with van der Waals surface area (Å²) in [7, 11) is 0. The fraction of sp³-hybridized carbons (Fsp3) is 0.500. The van der Waals surface area contributed by atoms with E-state index in [0.29, 0.717) is 11.7 Å². The molecule has 1 nitrogen and oxygen atoms in total. The van der Waals surface area contributed by atoms with Crippen LogP contribution in [-0.2, 0) is 17.6 Å². The Kier molecular flexibility index (Phi) is 2.12. The van der Waals surface area contributed by atoms with Crippen LogP contribution in [-0.4, -0.2) is 5.78 Å². The van der Waals surface area contributed by atoms with Crippen molar-refractivity contribution in [3.05, 3.63) is 35.4 Å². The van der Waals surface area contributed by atoms with Crippen molar-refractivity contribution in [2.24, 2.45) is 11.8 Å². The molecule has 0 saturated heterocycles. The lowest BCUT2D eigenvalue weighted by molar-refractivity contribution is -0.122. The van der Waals surface area contributed by atoms with Crippen LogP contribution in [0.5, 0.6) is 0 Å². The fourth-order valence-electron chi connectivity index (χ4n) is 3.17. The molecule has 0 heterocycles. The van der Waals surface area contributed by atoms with E-state index in [2.05, 4.69) is 24.3 Å². The lowest BCUT2D eigenvalue weighted by Crippen LogP contribution is -2.31. The summed E-state index contributed by atoms with van der Waals surface area (Å²) in [4.78, 5) is 11.4. The third kappa shape index (κ3) is 1.60. The average molecular weight is 200 g/mol. The molecule has 3 rings (SSSR count). The van der Waals surface area contributed by atoms with Gasteiger partial charge in [-0.2, -0.15) is 0 Å². The van der Waals surface area contributed by atoms with Crippen molar-refractivity contribution in [1.29, 1.82) is 0 Å². The molecule has 0 amide bonds. The number of Topliss-reactive ketones (excluding diaryl/α,β-unsaturated/α-hetero) is 1. The summed E-state index contributed by atoms with van der Waals surface area (Å²) < 4.78 is 0. The maximum Gasteiger partial charge on any atom is 0.133 e. The second-order valence-electron chi connectivity index (χ2n) is 4.98. The number of rotatable bonds is 0. The highest BCUT2D eigenvalue weighted by atomic mass is 16.1. The van der Waals surface area contributed by atoms with E-state index in [1.54, 1.807) is 0 Å². The number of hydrogen-bond donors (Lipinski definition) is 0. The van der Waals surface area contributed by atoms with Crippen molar-refractivity contribution in [2.75, 3.05) is 0 Å². The van der Waals surface area contributed by atoms with Crippen molar-refractivity contribution < 1.29 is 4.79 Å². The average Bonchev–Trinajstić information content (AvgIpc) is 2.26. The summed E-state index contributed by atoms with van der Waals surface area (Å²) in [6.07, 6.45) is 5.11. The molecular formula is C14H16O. The van der Waals surface area contributed by atoms with Gasteiger partial charge in [-0.3, -0.25) is 4.79 Å². The minimum atomic E-state index is 0.482. The number of fused-ring (bicyclic) bond motifs is 2. The normalized spacial score (nSPS) is 29.5. The van der Waals surface area contributed by atoms with E-state index in [4.69, 9.17) is 0 Å². The Hall–Kier alpha value is -1.11. The molecule has 0 aromatic heterocycles. The molecule has 0 spiro atoms. The standard InChI is InChI=1S/C14H16O/c15-14-6-5-12-7-10-3-1-2-4-11(10)8-13(12)9-14/h1-4,12-13H,5-9H2/t12-,13-/m0/s1. The largest absolute Gasteiger partial charge is 0.300 e. The number of carbonyl (C=O) groups is 1. The van der Waals surface area contributed by atoms with E-state index in [0.717, 1.165) is 31.6 Å². The van der Waals surface area contributed by atoms with Crippen molar-refractivity contribution in [2.45, 2.75) is 32.1 Å². The zero-order chi connectivity index (χ0) is 10.3. The van der Waals surface area contributed by atoms with Crippen LogP contribution < -0.4 is 0 Å². The van der Waals surface area contributed by atoms with E-state index in [9.17, 15) is 4.79 Å². The lowest BCUT2D eigenvalue weighted by Gasteiger charge is -2.35. The number of hydrogen-bond acceptors (Lipinski definition) is 1. The summed E-state index contributed by atoms with van der Waals surface area (Å²) in [5, 5.41) is 0. The van der Waals surface area contributed by atoms with Gasteiger partial charge in [-0.25, -0.2) is 0 Å². The monoisotopic (exact) mass is 200 g/mol. The van der Waals surface area contributed by atoms with Crippen molar-refractivity contribution in [1.82, 2.24) is 0 Å². The molecule has 1 heteroatoms. The highest BCUT2D eigenvalue weighted by Gasteiger charge is 2.33. The zero-order valence-corrected chi connectivity index (χ0v) is 8.91. The molecule has 0 unspecified atom stereocenters. The second-order valence-corrected chi connectivity index (χ2v) is 4.98. The van der Waals surface area contributed by atoms with Gasteiger partial charge in [0.15, 0.2) is 0 Å². The maximum atomic E-state index is 11.4. The van der Waals surface area contributed by atoms with E-state index in [1.807, 2.05) is 0 Å². The number of carbonyl (C=O) groups excluding carboxylic acids is 1. The summed E-state index contributed by atoms with van der Waals surface area (Å²) in [6.45, 7) is 0. The third-order valence-corrected chi connectivity index (χ3v) is 4.03. The molecule has 15 heavy (non-hydrogen) atoms. The topological polar surface area (TPSA) is 17.1 Å². The van der Waals surface area contributed by atoms with Gasteiger partial charge in [0.2, 0.25) is 0 Å². The summed E-state index contributed by atoms with van der Waals surface area (Å²) in [5.41, 5.74) is 3.00. The lowest BCUT2D eigenvalue weighted by atomic mass is 9.68. The molecule has 78 valence electrons. The SMILES string of the molecule is O=C1CC[C@H]2Cc3ccccc3C[C@H]2C1. The first kappa shape index (κ1) is 9.14. The molecule has 0 aliphatic heterocycles. The molecule has 1 aromatic carbocycles. The quantitative estimate of drug-likeness (QED) is 0.629. The highest BCUT2D eigenvalue weighted by molar-refractivity contribution is 5.79. The van der Waals surface area contributed by atoms with Crippen molar-refractivity contribution in [3.63, 3.8) is 0 Å². The van der Waals surface area contributed by atoms with Crippen LogP contribution in [0.3, 0.4) is 0 Å². The van der Waals surface area contributed by atoms with E-state index < -0.39 is 0 Å². The van der Waals surface area contributed by atoms with E-state index in [-0.39, 0.29) is 0 Å². The number of ketones is 1. The molecule has 2 aliphatic rings. The van der Waals surface area contributed by atoms with Crippen molar-refractivity contribution in [3.8, 4) is 0 Å². The molecule has 0 radical (unpaired) electrons. The fourth-order valence-corrected chi connectivity index (χ4v) is 3.17. The van der Waals surface area contributed by atoms with Gasteiger partial charge in [0, 0.05) is 12.8 Å². The van der Waals surface area contributed by atoms with Gasteiger partial charge in [-0.05, 0) is 42.2 Å². The Morgan fingerprint density at radius 2 is 1.60 bits per heavy atom. The minimum Gasteiger partial charge on any atom is -0.300 e. The van der Waals surface area contributed by atoms with Gasteiger partial charge < -0.3 is 0 Å². The van der Waals surface area contributed by atoms with Crippen LogP contribution in [0.4, 0.5) is 0 Å². The van der Waals surface area contributed by atoms with E-state index >= 15 is 0 Å². The van der Waals surface area contributed by atoms with Gasteiger partial charge in [-0.1, -0.05) is 24.3 Å². The van der Waals surface area contributed by atoms with Crippen LogP contribution in [0.15, 0.2) is 24.3 Å². The molecule has 1 aromatic rings. The molecule has 1 fully saturated rings. The Balaban J connectivity index is 1.90. The highest BCUT2D eigenvalue weighted by Crippen LogP contribution is 2.38. The van der Waals surface area contributed by atoms with Crippen LogP contribution in [0, 0.1) is 11.8 Å². The van der Waals surface area contributed by atoms with Gasteiger partial charge >= 0.3 is 0 Å². The minimum absolute atomic E-state index is 0.482. The van der Waals surface area contributed by atoms with Crippen LogP contribution >= 0.6 is 0 Å². The smallest absolute Gasteiger partial charge is 0.133 e. The predicted molar refractivity (Wildman–Crippen MR) is 59.7 cm³/mol. The first-order valence-corrected chi connectivity index (χ1v) is 5.91. The molecular weight excluding hydrogens is 184 g/mol. The first-order chi connectivity index (χ1) is 7.33. The zero-order valence-electron chi connectivity index (χ0n) is 8.91. The van der Waals surface area contributed by atoms with Crippen LogP contribution in [0.1, 0.15) is 30.4 Å². The van der Waals surface area contributed by atoms with Gasteiger partial charge in [0.05, 0.1) is 0 Å². The molecule has 2 atom stereocenters. The Labute approximate surface area is 90.5 Å². The first-order valence-electron chi connectivity index (χ1n) is 5.91. The summed E-state index contributed by atoms with van der Waals surface area (Å²) in [6, 6.07) is 8.73. The van der Waals surface area contributed by atoms with Crippen LogP contribution in [0.2, 0.25) is 0 Å². The van der Waals surface area contributed by atoms with Gasteiger partial charge in [-0.15, -0.1) is 0 Å². The predicted octanol–water partition coefficient (Wildman–Crippen LogP) is 2.77. The third-order valence-electron chi connectivity index (χ3n) is 4.03. The Morgan fingerprint density at radius 1 is 0.933 bits per heavy atom. The Morgan fingerprint density at radius 3 is 2.33 bits per heavy atom. The summed E-state index contributed by atoms with van der Waals surface area (Å²) >= 11 is 0. The van der Waals surface area contributed by atoms with Gasteiger partial charge in [0.25, 0.3) is 0 Å². The maximum absolute atomic E-state index is 11.4. The molecule has 1 saturated carbocycles. The van der Waals surface area contributed by atoms with Gasteiger partial charge in [0.1, 0.15) is 5.78 Å². The number of benzene rings is 1. The summed E-state index contributed by atoms with van der Waals surface area (Å²) in [5.74, 6) is 1.90. The van der Waals surface area contributed by atoms with Crippen LogP contribution in [0.25, 0.3) is 0 Å².